The molecule has 32 heavy (non-hydrogen) atoms. The molecule has 0 bridgehead atoms. The molecule has 9 heteroatoms. The van der Waals surface area contributed by atoms with Crippen molar-refractivity contribution in [2.75, 3.05) is 115 Å². The number of likely N-dealkylation sites (N-methyl/N-ethyl adjacent to an activating group) is 5. The molecular weight excluding hydrogens is 559 g/mol. The Morgan fingerprint density at radius 3 is 1.62 bits per heavy atom. The minimum absolute atomic E-state index is 0. The van der Waals surface area contributed by atoms with Gasteiger partial charge in [0.15, 0.2) is 0 Å². The Morgan fingerprint density at radius 1 is 0.688 bits per heavy atom. The first-order valence-corrected chi connectivity index (χ1v) is 10.4. The van der Waals surface area contributed by atoms with Crippen molar-refractivity contribution in [2.24, 2.45) is 0 Å². The maximum absolute atomic E-state index is 4.29. The summed E-state index contributed by atoms with van der Waals surface area (Å²) >= 11 is 0. The van der Waals surface area contributed by atoms with E-state index in [1.54, 1.807) is 0 Å². The predicted octanol–water partition coefficient (Wildman–Crippen LogP) is 1.75. The van der Waals surface area contributed by atoms with E-state index in [2.05, 4.69) is 78.0 Å². The van der Waals surface area contributed by atoms with Crippen LogP contribution in [-0.2, 0) is 66.8 Å². The Labute approximate surface area is 250 Å². The molecule has 0 aromatic heterocycles. The molecule has 0 amide bonds. The third kappa shape index (κ3) is 19.1. The first kappa shape index (κ1) is 43.9. The maximum Gasteiger partial charge on any atom is 3.00 e. The van der Waals surface area contributed by atoms with Crippen LogP contribution in [0, 0.1) is 35.9 Å². The molecule has 2 radical (unpaired) electrons. The van der Waals surface area contributed by atoms with E-state index in [0.29, 0.717) is 0 Å². The van der Waals surface area contributed by atoms with E-state index in [4.69, 9.17) is 0 Å². The monoisotopic (exact) mass is 613 g/mol. The minimum atomic E-state index is 0. The Morgan fingerprint density at radius 2 is 1.12 bits per heavy atom. The van der Waals surface area contributed by atoms with Gasteiger partial charge in [-0.05, 0) is 27.7 Å². The van der Waals surface area contributed by atoms with Gasteiger partial charge in [-0.2, -0.15) is 0 Å². The van der Waals surface area contributed by atoms with Gasteiger partial charge in [0, 0.05) is 96.5 Å². The van der Waals surface area contributed by atoms with Gasteiger partial charge in [0.1, 0.15) is 26.4 Å². The summed E-state index contributed by atoms with van der Waals surface area (Å²) in [5.74, 6) is 0. The van der Waals surface area contributed by atoms with Crippen LogP contribution in [-0.4, -0.2) is 143 Å². The van der Waals surface area contributed by atoms with Crippen molar-refractivity contribution in [3.05, 3.63) is 35.9 Å². The molecule has 192 valence electrons. The summed E-state index contributed by atoms with van der Waals surface area (Å²) in [6, 6.07) is 0. The summed E-state index contributed by atoms with van der Waals surface area (Å²) < 4.78 is 2.81. The average molecular weight is 614 g/mol. The molecule has 2 fully saturated rings. The quantitative estimate of drug-likeness (QED) is 0.254. The fraction of sp³-hybridized carbons (Fsp3) is 0.783. The molecule has 3 atom stereocenters. The molecule has 0 N–H and O–H groups in total. The minimum Gasteiger partial charge on any atom is -0.446 e. The fourth-order valence-electron chi connectivity index (χ4n) is 3.85. The van der Waals surface area contributed by atoms with Crippen molar-refractivity contribution in [3.63, 3.8) is 0 Å². The molecular formula is C23H54Mn2N6Y+. The number of rotatable bonds is 1. The summed E-state index contributed by atoms with van der Waals surface area (Å²) in [7, 11) is 21.7. The van der Waals surface area contributed by atoms with Crippen LogP contribution >= 0.6 is 0 Å². The topological polar surface area (TPSA) is 9.72 Å². The number of quaternary nitrogens is 3. The SMILES string of the molecule is [CH2-]C[N+]1(C)CCCN(C)C[N+]([CH2-])(C)CC1.[CH2-][N+]1(C)CCN(C)CCN(C)C1.[CH3-].[CH3-].[Mn+3].[Mn].[Y]. The molecule has 6 nitrogen and oxygen atoms in total. The maximum atomic E-state index is 4.29. The van der Waals surface area contributed by atoms with Crippen molar-refractivity contribution in [2.45, 2.75) is 6.42 Å². The molecule has 2 heterocycles. The zero-order chi connectivity index (χ0) is 20.7. The zero-order valence-electron chi connectivity index (χ0n) is 22.6. The third-order valence-electron chi connectivity index (χ3n) is 6.01. The van der Waals surface area contributed by atoms with Crippen LogP contribution in [0.25, 0.3) is 0 Å². The summed E-state index contributed by atoms with van der Waals surface area (Å²) in [5, 5.41) is 0. The normalized spacial score (nSPS) is 32.5. The van der Waals surface area contributed by atoms with Gasteiger partial charge in [0.05, 0.1) is 20.1 Å². The van der Waals surface area contributed by atoms with Crippen LogP contribution < -0.4 is 0 Å². The van der Waals surface area contributed by atoms with Gasteiger partial charge in [-0.1, -0.05) is 0 Å². The number of hydrogen-bond acceptors (Lipinski definition) is 3. The van der Waals surface area contributed by atoms with Crippen molar-refractivity contribution < 1.29 is 80.3 Å². The second-order valence-corrected chi connectivity index (χ2v) is 10.1. The van der Waals surface area contributed by atoms with Gasteiger partial charge in [-0.3, -0.25) is 21.6 Å². The Balaban J connectivity index is -0.000000133. The van der Waals surface area contributed by atoms with Crippen LogP contribution in [0.2, 0.25) is 0 Å². The summed E-state index contributed by atoms with van der Waals surface area (Å²) in [6.45, 7) is 16.6. The van der Waals surface area contributed by atoms with E-state index in [-0.39, 0.29) is 81.7 Å². The summed E-state index contributed by atoms with van der Waals surface area (Å²) in [5.41, 5.74) is 0. The van der Waals surface area contributed by atoms with Gasteiger partial charge in [-0.15, -0.1) is 14.1 Å². The molecule has 0 spiro atoms. The van der Waals surface area contributed by atoms with Crippen LogP contribution in [0.15, 0.2) is 0 Å². The molecule has 0 aromatic carbocycles. The van der Waals surface area contributed by atoms with Crippen molar-refractivity contribution in [3.8, 4) is 0 Å². The Bertz CT molecular complexity index is 443. The zero-order valence-corrected chi connectivity index (χ0v) is 27.8. The second kappa shape index (κ2) is 20.0. The molecule has 0 aromatic rings. The van der Waals surface area contributed by atoms with Crippen molar-refractivity contribution >= 4 is 0 Å². The van der Waals surface area contributed by atoms with Gasteiger partial charge in [-0.25, -0.2) is 0 Å². The van der Waals surface area contributed by atoms with Gasteiger partial charge >= 0.3 is 17.1 Å². The van der Waals surface area contributed by atoms with E-state index in [1.165, 1.54) is 32.6 Å². The fourth-order valence-corrected chi connectivity index (χ4v) is 3.85. The van der Waals surface area contributed by atoms with E-state index >= 15 is 0 Å². The summed E-state index contributed by atoms with van der Waals surface area (Å²) in [4.78, 5) is 7.12. The predicted molar refractivity (Wildman–Crippen MR) is 129 cm³/mol. The van der Waals surface area contributed by atoms with E-state index in [0.717, 1.165) is 59.5 Å². The Kier molecular flexibility index (Phi) is 27.5. The Hall–Kier alpha value is 1.90. The molecule has 0 saturated carbocycles. The molecule has 2 aliphatic heterocycles. The van der Waals surface area contributed by atoms with Crippen LogP contribution in [0.1, 0.15) is 6.42 Å². The average Bonchev–Trinajstić information content (AvgIpc) is 2.60. The van der Waals surface area contributed by atoms with Crippen LogP contribution in [0.3, 0.4) is 0 Å². The molecule has 2 aliphatic rings. The molecule has 2 rings (SSSR count). The van der Waals surface area contributed by atoms with Crippen LogP contribution in [0.4, 0.5) is 0 Å². The third-order valence-corrected chi connectivity index (χ3v) is 6.01. The number of hydrogen-bond donors (Lipinski definition) is 0. The van der Waals surface area contributed by atoms with E-state index in [1.807, 2.05) is 0 Å². The van der Waals surface area contributed by atoms with Gasteiger partial charge in [0.25, 0.3) is 0 Å². The van der Waals surface area contributed by atoms with E-state index in [9.17, 15) is 0 Å². The first-order chi connectivity index (χ1) is 12.4. The smallest absolute Gasteiger partial charge is 0.446 e. The van der Waals surface area contributed by atoms with Gasteiger partial charge < -0.3 is 28.3 Å². The van der Waals surface area contributed by atoms with Crippen molar-refractivity contribution in [1.82, 2.24) is 14.7 Å². The summed E-state index contributed by atoms with van der Waals surface area (Å²) in [6.07, 6.45) is 1.27. The standard InChI is InChI=1S/C12H27N3.C9H21N3.2CH3.2Mn.Y/c1-6-15(5)9-7-8-13(2)12-14(3,4)10-11-15;1-10-5-6-11(2)9-12(3,4)8-7-10;;;;;/h1,3,6-12H2,2,4-5H3;3,5-9H2,1-2,4H3;2*1H3;;;/q;;2*-1;;+3;. The van der Waals surface area contributed by atoms with Gasteiger partial charge in [0.2, 0.25) is 0 Å². The van der Waals surface area contributed by atoms with Crippen LogP contribution in [0.5, 0.6) is 0 Å². The molecule has 0 aliphatic carbocycles. The molecule has 3 unspecified atom stereocenters. The molecule has 2 saturated heterocycles. The first-order valence-electron chi connectivity index (χ1n) is 10.4. The van der Waals surface area contributed by atoms with E-state index < -0.39 is 0 Å². The number of nitrogens with zero attached hydrogens (tertiary/aromatic N) is 6. The van der Waals surface area contributed by atoms with Crippen molar-refractivity contribution in [1.29, 1.82) is 0 Å². The largest absolute Gasteiger partial charge is 3.00 e. The second-order valence-electron chi connectivity index (χ2n) is 10.1.